The average molecular weight is 289 g/mol. The van der Waals surface area contributed by atoms with Crippen LogP contribution in [0.1, 0.15) is 17.3 Å². The first kappa shape index (κ1) is 15.1. The number of nitrogens with two attached hydrogens (primary N) is 1. The lowest BCUT2D eigenvalue weighted by Gasteiger charge is -2.12. The number of carbonyl (C=O) groups is 1. The van der Waals surface area contributed by atoms with E-state index in [4.69, 9.17) is 10.5 Å². The average Bonchev–Trinajstić information content (AvgIpc) is 2.95. The first-order valence-electron chi connectivity index (χ1n) is 6.64. The number of amides is 1. The van der Waals surface area contributed by atoms with Crippen LogP contribution < -0.4 is 11.1 Å². The van der Waals surface area contributed by atoms with Crippen molar-refractivity contribution in [3.63, 3.8) is 0 Å². The lowest BCUT2D eigenvalue weighted by Crippen LogP contribution is -2.30. The molecule has 1 heterocycles. The minimum absolute atomic E-state index is 0.0829. The van der Waals surface area contributed by atoms with Gasteiger partial charge in [-0.1, -0.05) is 35.5 Å². The first-order chi connectivity index (χ1) is 10.2. The van der Waals surface area contributed by atoms with Crippen LogP contribution in [0.25, 0.3) is 0 Å². The van der Waals surface area contributed by atoms with Gasteiger partial charge in [-0.25, -0.2) is 4.68 Å². The maximum atomic E-state index is 11.9. The zero-order valence-electron chi connectivity index (χ0n) is 11.9. The van der Waals surface area contributed by atoms with Gasteiger partial charge in [0.1, 0.15) is 6.54 Å². The summed E-state index contributed by atoms with van der Waals surface area (Å²) in [5.41, 5.74) is 7.65. The van der Waals surface area contributed by atoms with E-state index in [9.17, 15) is 4.79 Å². The van der Waals surface area contributed by atoms with Crippen LogP contribution in [-0.2, 0) is 22.6 Å². The standard InChI is InChI=1S/C14H19N5O2/c1-21-10-12(15)13-8-17-18-19(13)9-14(20)16-7-11-5-3-2-4-6-11/h2-6,8,12H,7,9-10,15H2,1H3,(H,16,20)/t12-/m1/s1. The van der Waals surface area contributed by atoms with Crippen molar-refractivity contribution in [2.75, 3.05) is 13.7 Å². The third-order valence-electron chi connectivity index (χ3n) is 3.00. The highest BCUT2D eigenvalue weighted by molar-refractivity contribution is 5.75. The van der Waals surface area contributed by atoms with Crippen LogP contribution in [0.4, 0.5) is 0 Å². The Labute approximate surface area is 123 Å². The SMILES string of the molecule is COC[C@@H](N)c1cnnn1CC(=O)NCc1ccccc1. The monoisotopic (exact) mass is 289 g/mol. The minimum atomic E-state index is -0.355. The quantitative estimate of drug-likeness (QED) is 0.761. The van der Waals surface area contributed by atoms with E-state index >= 15 is 0 Å². The van der Waals surface area contributed by atoms with Gasteiger partial charge in [-0.3, -0.25) is 4.79 Å². The van der Waals surface area contributed by atoms with Gasteiger partial charge in [0.2, 0.25) is 5.91 Å². The van der Waals surface area contributed by atoms with Crippen LogP contribution in [-0.4, -0.2) is 34.6 Å². The highest BCUT2D eigenvalue weighted by Crippen LogP contribution is 2.08. The number of nitrogens with one attached hydrogen (secondary N) is 1. The maximum absolute atomic E-state index is 11.9. The van der Waals surface area contributed by atoms with E-state index in [2.05, 4.69) is 15.6 Å². The number of ether oxygens (including phenoxy) is 1. The number of rotatable bonds is 7. The van der Waals surface area contributed by atoms with Crippen LogP contribution in [0.15, 0.2) is 36.5 Å². The lowest BCUT2D eigenvalue weighted by molar-refractivity contribution is -0.122. The minimum Gasteiger partial charge on any atom is -0.383 e. The van der Waals surface area contributed by atoms with Gasteiger partial charge in [0.05, 0.1) is 24.5 Å². The zero-order chi connectivity index (χ0) is 15.1. The van der Waals surface area contributed by atoms with Gasteiger partial charge in [0, 0.05) is 13.7 Å². The first-order valence-corrected chi connectivity index (χ1v) is 6.64. The summed E-state index contributed by atoms with van der Waals surface area (Å²) in [6.45, 7) is 0.909. The Morgan fingerprint density at radius 1 is 1.43 bits per heavy atom. The fourth-order valence-corrected chi connectivity index (χ4v) is 1.93. The topological polar surface area (TPSA) is 95.1 Å². The smallest absolute Gasteiger partial charge is 0.242 e. The summed E-state index contributed by atoms with van der Waals surface area (Å²) >= 11 is 0. The van der Waals surface area contributed by atoms with Gasteiger partial charge in [-0.2, -0.15) is 0 Å². The van der Waals surface area contributed by atoms with E-state index in [0.717, 1.165) is 5.56 Å². The molecule has 7 heteroatoms. The Bertz CT molecular complexity index is 570. The predicted molar refractivity (Wildman–Crippen MR) is 77.1 cm³/mol. The summed E-state index contributed by atoms with van der Waals surface area (Å²) < 4.78 is 6.49. The second-order valence-corrected chi connectivity index (χ2v) is 4.64. The highest BCUT2D eigenvalue weighted by Gasteiger charge is 2.14. The van der Waals surface area contributed by atoms with Crippen LogP contribution in [0, 0.1) is 0 Å². The molecule has 0 saturated carbocycles. The number of benzene rings is 1. The predicted octanol–water partition coefficient (Wildman–Crippen LogP) is 0.241. The molecule has 1 amide bonds. The van der Waals surface area contributed by atoms with Gasteiger partial charge in [-0.15, -0.1) is 5.10 Å². The molecule has 21 heavy (non-hydrogen) atoms. The molecule has 0 fully saturated rings. The molecule has 7 nitrogen and oxygen atoms in total. The molecule has 1 aromatic carbocycles. The summed E-state index contributed by atoms with van der Waals surface area (Å²) in [6.07, 6.45) is 1.55. The molecule has 0 aliphatic heterocycles. The lowest BCUT2D eigenvalue weighted by atomic mass is 10.2. The fourth-order valence-electron chi connectivity index (χ4n) is 1.93. The molecule has 0 aliphatic rings. The molecule has 3 N–H and O–H groups in total. The van der Waals surface area contributed by atoms with E-state index < -0.39 is 0 Å². The van der Waals surface area contributed by atoms with Crippen molar-refractivity contribution in [1.29, 1.82) is 0 Å². The van der Waals surface area contributed by atoms with Gasteiger partial charge >= 0.3 is 0 Å². The van der Waals surface area contributed by atoms with Crippen molar-refractivity contribution >= 4 is 5.91 Å². The van der Waals surface area contributed by atoms with Crippen molar-refractivity contribution in [3.8, 4) is 0 Å². The van der Waals surface area contributed by atoms with E-state index in [1.165, 1.54) is 4.68 Å². The molecule has 1 atom stereocenters. The van der Waals surface area contributed by atoms with Gasteiger partial charge in [0.15, 0.2) is 0 Å². The van der Waals surface area contributed by atoms with Crippen molar-refractivity contribution in [3.05, 3.63) is 47.8 Å². The van der Waals surface area contributed by atoms with E-state index in [-0.39, 0.29) is 18.5 Å². The number of nitrogens with zero attached hydrogens (tertiary/aromatic N) is 3. The molecule has 0 saturated heterocycles. The third kappa shape index (κ3) is 4.37. The number of methoxy groups -OCH3 is 1. The summed E-state index contributed by atoms with van der Waals surface area (Å²) in [6, 6.07) is 9.35. The molecule has 2 aromatic rings. The van der Waals surface area contributed by atoms with E-state index in [1.807, 2.05) is 30.3 Å². The largest absolute Gasteiger partial charge is 0.383 e. The fraction of sp³-hybridized carbons (Fsp3) is 0.357. The summed E-state index contributed by atoms with van der Waals surface area (Å²) in [7, 11) is 1.57. The Kier molecular flexibility index (Phi) is 5.42. The molecule has 0 aliphatic carbocycles. The Balaban J connectivity index is 1.90. The second-order valence-electron chi connectivity index (χ2n) is 4.64. The highest BCUT2D eigenvalue weighted by atomic mass is 16.5. The van der Waals surface area contributed by atoms with E-state index in [0.29, 0.717) is 18.8 Å². The molecule has 1 aromatic heterocycles. The molecule has 0 bridgehead atoms. The molecule has 0 spiro atoms. The number of carbonyl (C=O) groups excluding carboxylic acids is 1. The normalized spacial score (nSPS) is 12.1. The summed E-state index contributed by atoms with van der Waals surface area (Å²) in [4.78, 5) is 11.9. The van der Waals surface area contributed by atoms with Gasteiger partial charge in [-0.05, 0) is 5.56 Å². The Hall–Kier alpha value is -2.25. The molecular weight excluding hydrogens is 270 g/mol. The van der Waals surface area contributed by atoms with Crippen molar-refractivity contribution < 1.29 is 9.53 Å². The molecule has 0 unspecified atom stereocenters. The Morgan fingerprint density at radius 3 is 2.90 bits per heavy atom. The molecule has 112 valence electrons. The van der Waals surface area contributed by atoms with Crippen molar-refractivity contribution in [2.24, 2.45) is 5.73 Å². The van der Waals surface area contributed by atoms with Crippen LogP contribution in [0.2, 0.25) is 0 Å². The molecule has 0 radical (unpaired) electrons. The molecular formula is C14H19N5O2. The van der Waals surface area contributed by atoms with Gasteiger partial charge in [0.25, 0.3) is 0 Å². The van der Waals surface area contributed by atoms with Crippen LogP contribution in [0.3, 0.4) is 0 Å². The number of aromatic nitrogens is 3. The van der Waals surface area contributed by atoms with Crippen LogP contribution in [0.5, 0.6) is 0 Å². The number of hydrogen-bond acceptors (Lipinski definition) is 5. The van der Waals surface area contributed by atoms with Crippen LogP contribution >= 0.6 is 0 Å². The third-order valence-corrected chi connectivity index (χ3v) is 3.00. The maximum Gasteiger partial charge on any atom is 0.242 e. The summed E-state index contributed by atoms with van der Waals surface area (Å²) in [5, 5.41) is 10.5. The number of hydrogen-bond donors (Lipinski definition) is 2. The molecule has 2 rings (SSSR count). The van der Waals surface area contributed by atoms with Gasteiger partial charge < -0.3 is 15.8 Å². The van der Waals surface area contributed by atoms with Crippen molar-refractivity contribution in [1.82, 2.24) is 20.3 Å². The zero-order valence-corrected chi connectivity index (χ0v) is 11.9. The Morgan fingerprint density at radius 2 is 2.19 bits per heavy atom. The summed E-state index contributed by atoms with van der Waals surface area (Å²) in [5.74, 6) is -0.143. The second kappa shape index (κ2) is 7.51. The van der Waals surface area contributed by atoms with E-state index in [1.54, 1.807) is 13.3 Å². The van der Waals surface area contributed by atoms with Crippen molar-refractivity contribution in [2.45, 2.75) is 19.1 Å².